The standard InChI is InChI=1S/C17H21NOS/c1-17(2,3)15-10-9-14(20-15)12-7-6-8-13(11-12)16(19)18(4)5/h6-11H,1-5H3. The largest absolute Gasteiger partial charge is 0.345 e. The number of benzene rings is 1. The Morgan fingerprint density at radius 3 is 2.35 bits per heavy atom. The third-order valence-corrected chi connectivity index (χ3v) is 4.71. The fourth-order valence-electron chi connectivity index (χ4n) is 1.96. The van der Waals surface area contributed by atoms with Crippen LogP contribution in [0, 0.1) is 0 Å². The van der Waals surface area contributed by atoms with Crippen molar-refractivity contribution in [3.8, 4) is 10.4 Å². The van der Waals surface area contributed by atoms with E-state index in [1.54, 1.807) is 30.3 Å². The van der Waals surface area contributed by atoms with E-state index >= 15 is 0 Å². The summed E-state index contributed by atoms with van der Waals surface area (Å²) in [5, 5.41) is 0. The van der Waals surface area contributed by atoms with Crippen LogP contribution < -0.4 is 0 Å². The van der Waals surface area contributed by atoms with E-state index < -0.39 is 0 Å². The van der Waals surface area contributed by atoms with Crippen LogP contribution in [0.1, 0.15) is 36.0 Å². The Hall–Kier alpha value is -1.61. The van der Waals surface area contributed by atoms with E-state index in [2.05, 4.69) is 39.0 Å². The van der Waals surface area contributed by atoms with E-state index in [9.17, 15) is 4.79 Å². The van der Waals surface area contributed by atoms with Crippen LogP contribution in [-0.4, -0.2) is 24.9 Å². The number of carbonyl (C=O) groups excluding carboxylic acids is 1. The monoisotopic (exact) mass is 287 g/mol. The molecule has 0 aliphatic carbocycles. The molecule has 2 rings (SSSR count). The van der Waals surface area contributed by atoms with E-state index in [0.29, 0.717) is 0 Å². The zero-order valence-electron chi connectivity index (χ0n) is 12.7. The number of carbonyl (C=O) groups is 1. The molecule has 2 aromatic rings. The Morgan fingerprint density at radius 1 is 1.10 bits per heavy atom. The van der Waals surface area contributed by atoms with Crippen molar-refractivity contribution in [2.75, 3.05) is 14.1 Å². The average molecular weight is 287 g/mol. The summed E-state index contributed by atoms with van der Waals surface area (Å²) in [7, 11) is 3.55. The SMILES string of the molecule is CN(C)C(=O)c1cccc(-c2ccc(C(C)(C)C)s2)c1. The molecule has 106 valence electrons. The minimum atomic E-state index is 0.0412. The molecule has 0 radical (unpaired) electrons. The Bertz CT molecular complexity index is 620. The van der Waals surface area contributed by atoms with Gasteiger partial charge in [0.15, 0.2) is 0 Å². The van der Waals surface area contributed by atoms with Gasteiger partial charge in [-0.1, -0.05) is 32.9 Å². The van der Waals surface area contributed by atoms with Crippen molar-refractivity contribution in [1.29, 1.82) is 0 Å². The first-order valence-corrected chi connectivity index (χ1v) is 7.53. The molecule has 1 amide bonds. The molecule has 0 aliphatic rings. The fourth-order valence-corrected chi connectivity index (χ4v) is 3.02. The Balaban J connectivity index is 2.37. The maximum atomic E-state index is 12.0. The van der Waals surface area contributed by atoms with Crippen molar-refractivity contribution in [2.45, 2.75) is 26.2 Å². The van der Waals surface area contributed by atoms with Crippen LogP contribution in [-0.2, 0) is 5.41 Å². The van der Waals surface area contributed by atoms with Crippen LogP contribution >= 0.6 is 11.3 Å². The first kappa shape index (κ1) is 14.8. The molecule has 0 unspecified atom stereocenters. The highest BCUT2D eigenvalue weighted by atomic mass is 32.1. The van der Waals surface area contributed by atoms with Crippen LogP contribution in [0.15, 0.2) is 36.4 Å². The Labute approximate surface area is 125 Å². The molecule has 0 N–H and O–H groups in total. The second-order valence-electron chi connectivity index (χ2n) is 6.19. The summed E-state index contributed by atoms with van der Waals surface area (Å²) in [5.41, 5.74) is 2.01. The Kier molecular flexibility index (Phi) is 4.00. The van der Waals surface area contributed by atoms with Crippen LogP contribution in [0.25, 0.3) is 10.4 Å². The van der Waals surface area contributed by atoms with Gasteiger partial charge in [-0.25, -0.2) is 0 Å². The van der Waals surface area contributed by atoms with Crippen molar-refractivity contribution in [3.05, 3.63) is 46.8 Å². The summed E-state index contributed by atoms with van der Waals surface area (Å²) in [6.45, 7) is 6.65. The van der Waals surface area contributed by atoms with Crippen molar-refractivity contribution >= 4 is 17.2 Å². The molecule has 0 bridgehead atoms. The van der Waals surface area contributed by atoms with E-state index in [-0.39, 0.29) is 11.3 Å². The van der Waals surface area contributed by atoms with Gasteiger partial charge in [0.25, 0.3) is 5.91 Å². The first-order valence-electron chi connectivity index (χ1n) is 6.71. The van der Waals surface area contributed by atoms with Gasteiger partial charge in [-0.05, 0) is 35.2 Å². The van der Waals surface area contributed by atoms with Crippen molar-refractivity contribution in [2.24, 2.45) is 0 Å². The number of thiophene rings is 1. The number of hydrogen-bond donors (Lipinski definition) is 0. The molecule has 0 atom stereocenters. The van der Waals surface area contributed by atoms with Crippen LogP contribution in [0.2, 0.25) is 0 Å². The molecule has 20 heavy (non-hydrogen) atoms. The number of amides is 1. The topological polar surface area (TPSA) is 20.3 Å². The third kappa shape index (κ3) is 3.10. The maximum Gasteiger partial charge on any atom is 0.253 e. The molecule has 1 heterocycles. The van der Waals surface area contributed by atoms with E-state index in [4.69, 9.17) is 0 Å². The summed E-state index contributed by atoms with van der Waals surface area (Å²) in [6.07, 6.45) is 0. The highest BCUT2D eigenvalue weighted by Crippen LogP contribution is 2.35. The van der Waals surface area contributed by atoms with Gasteiger partial charge in [0.1, 0.15) is 0 Å². The summed E-state index contributed by atoms with van der Waals surface area (Å²) < 4.78 is 0. The second-order valence-corrected chi connectivity index (χ2v) is 7.28. The molecular weight excluding hydrogens is 266 g/mol. The molecule has 0 saturated heterocycles. The molecule has 3 heteroatoms. The summed E-state index contributed by atoms with van der Waals surface area (Å²) in [5.74, 6) is 0.0412. The molecule has 0 saturated carbocycles. The zero-order chi connectivity index (χ0) is 14.9. The normalized spacial score (nSPS) is 11.4. The highest BCUT2D eigenvalue weighted by molar-refractivity contribution is 7.15. The van der Waals surface area contributed by atoms with Crippen molar-refractivity contribution < 1.29 is 4.79 Å². The van der Waals surface area contributed by atoms with Gasteiger partial charge >= 0.3 is 0 Å². The molecule has 1 aromatic carbocycles. The van der Waals surface area contributed by atoms with Gasteiger partial charge in [-0.15, -0.1) is 11.3 Å². The number of rotatable bonds is 2. The fraction of sp³-hybridized carbons (Fsp3) is 0.353. The average Bonchev–Trinajstić information content (AvgIpc) is 2.87. The lowest BCUT2D eigenvalue weighted by Gasteiger charge is -2.15. The summed E-state index contributed by atoms with van der Waals surface area (Å²) in [4.78, 5) is 16.2. The smallest absolute Gasteiger partial charge is 0.253 e. The minimum Gasteiger partial charge on any atom is -0.345 e. The molecule has 0 fully saturated rings. The molecular formula is C17H21NOS. The second kappa shape index (κ2) is 5.41. The number of nitrogens with zero attached hydrogens (tertiary/aromatic N) is 1. The zero-order valence-corrected chi connectivity index (χ0v) is 13.5. The lowest BCUT2D eigenvalue weighted by Crippen LogP contribution is -2.21. The van der Waals surface area contributed by atoms with E-state index in [1.807, 2.05) is 18.2 Å². The van der Waals surface area contributed by atoms with Crippen LogP contribution in [0.3, 0.4) is 0 Å². The quantitative estimate of drug-likeness (QED) is 0.801. The van der Waals surface area contributed by atoms with Crippen LogP contribution in [0.4, 0.5) is 0 Å². The lowest BCUT2D eigenvalue weighted by molar-refractivity contribution is 0.0827. The molecule has 1 aromatic heterocycles. The van der Waals surface area contributed by atoms with Gasteiger partial charge in [0, 0.05) is 29.4 Å². The molecule has 2 nitrogen and oxygen atoms in total. The van der Waals surface area contributed by atoms with E-state index in [1.165, 1.54) is 9.75 Å². The van der Waals surface area contributed by atoms with Gasteiger partial charge in [0.05, 0.1) is 0 Å². The van der Waals surface area contributed by atoms with Crippen LogP contribution in [0.5, 0.6) is 0 Å². The number of hydrogen-bond acceptors (Lipinski definition) is 2. The minimum absolute atomic E-state index is 0.0412. The summed E-state index contributed by atoms with van der Waals surface area (Å²) >= 11 is 1.80. The molecule has 0 aliphatic heterocycles. The van der Waals surface area contributed by atoms with Gasteiger partial charge in [-0.2, -0.15) is 0 Å². The van der Waals surface area contributed by atoms with Crippen molar-refractivity contribution in [1.82, 2.24) is 4.90 Å². The van der Waals surface area contributed by atoms with Gasteiger partial charge in [-0.3, -0.25) is 4.79 Å². The van der Waals surface area contributed by atoms with Gasteiger partial charge in [0.2, 0.25) is 0 Å². The third-order valence-electron chi connectivity index (χ3n) is 3.15. The predicted molar refractivity (Wildman–Crippen MR) is 86.5 cm³/mol. The lowest BCUT2D eigenvalue weighted by atomic mass is 9.95. The van der Waals surface area contributed by atoms with Gasteiger partial charge < -0.3 is 4.90 Å². The Morgan fingerprint density at radius 2 is 1.80 bits per heavy atom. The van der Waals surface area contributed by atoms with Crippen molar-refractivity contribution in [3.63, 3.8) is 0 Å². The highest BCUT2D eigenvalue weighted by Gasteiger charge is 2.17. The maximum absolute atomic E-state index is 12.0. The van der Waals surface area contributed by atoms with E-state index in [0.717, 1.165) is 11.1 Å². The predicted octanol–water partition coefficient (Wildman–Crippen LogP) is 4.41. The summed E-state index contributed by atoms with van der Waals surface area (Å²) in [6, 6.07) is 12.2. The molecule has 0 spiro atoms. The first-order chi connectivity index (χ1) is 9.29.